The summed E-state index contributed by atoms with van der Waals surface area (Å²) in [6.45, 7) is 0. The van der Waals surface area contributed by atoms with Gasteiger partial charge in [0.2, 0.25) is 5.95 Å². The Kier molecular flexibility index (Phi) is 4.45. The number of amides is 3. The van der Waals surface area contributed by atoms with Crippen LogP contribution in [0, 0.1) is 5.95 Å². The van der Waals surface area contributed by atoms with Crippen LogP contribution in [0.15, 0.2) is 42.6 Å². The van der Waals surface area contributed by atoms with E-state index in [-0.39, 0.29) is 11.6 Å². The first kappa shape index (κ1) is 14.4. The molecule has 0 radical (unpaired) electrons. The number of aromatic nitrogens is 1. The average molecular weight is 288 g/mol. The van der Waals surface area contributed by atoms with E-state index in [1.807, 2.05) is 0 Å². The molecule has 1 aromatic carbocycles. The molecular weight excluding hydrogens is 275 g/mol. The van der Waals surface area contributed by atoms with Gasteiger partial charge in [-0.05, 0) is 30.3 Å². The van der Waals surface area contributed by atoms with E-state index in [0.717, 1.165) is 6.07 Å². The number of benzene rings is 1. The molecule has 0 aliphatic rings. The van der Waals surface area contributed by atoms with Crippen LogP contribution in [0.3, 0.4) is 0 Å². The molecule has 2 rings (SSSR count). The van der Waals surface area contributed by atoms with Crippen molar-refractivity contribution in [2.75, 3.05) is 17.7 Å². The van der Waals surface area contributed by atoms with Gasteiger partial charge in [-0.15, -0.1) is 0 Å². The van der Waals surface area contributed by atoms with Crippen molar-refractivity contribution in [2.24, 2.45) is 0 Å². The van der Waals surface area contributed by atoms with E-state index in [9.17, 15) is 14.0 Å². The molecule has 21 heavy (non-hydrogen) atoms. The van der Waals surface area contributed by atoms with Crippen LogP contribution in [0.4, 0.5) is 20.6 Å². The van der Waals surface area contributed by atoms with E-state index in [1.54, 1.807) is 24.3 Å². The number of pyridine rings is 1. The standard InChI is InChI=1S/C14H13FN4O2/c1-16-14(21)19-11-4-2-10(3-5-11)18-13(20)9-6-7-17-12(15)8-9/h2-8H,1H3,(H,18,20)(H2,16,19,21). The Labute approximate surface area is 120 Å². The summed E-state index contributed by atoms with van der Waals surface area (Å²) in [6, 6.07) is 8.66. The highest BCUT2D eigenvalue weighted by atomic mass is 19.1. The summed E-state index contributed by atoms with van der Waals surface area (Å²) in [7, 11) is 1.51. The molecule has 3 amide bonds. The molecule has 6 nitrogen and oxygen atoms in total. The van der Waals surface area contributed by atoms with E-state index in [4.69, 9.17) is 0 Å². The Morgan fingerprint density at radius 2 is 1.67 bits per heavy atom. The topological polar surface area (TPSA) is 83.1 Å². The maximum Gasteiger partial charge on any atom is 0.318 e. The molecule has 0 fully saturated rings. The van der Waals surface area contributed by atoms with Gasteiger partial charge in [0.25, 0.3) is 5.91 Å². The number of hydrogen-bond donors (Lipinski definition) is 3. The second-order valence-corrected chi connectivity index (χ2v) is 4.10. The van der Waals surface area contributed by atoms with E-state index < -0.39 is 11.9 Å². The highest BCUT2D eigenvalue weighted by molar-refractivity contribution is 6.04. The van der Waals surface area contributed by atoms with Gasteiger partial charge in [0.15, 0.2) is 0 Å². The summed E-state index contributed by atoms with van der Waals surface area (Å²) in [5.41, 5.74) is 1.29. The third-order valence-corrected chi connectivity index (χ3v) is 2.62. The molecule has 0 spiro atoms. The van der Waals surface area contributed by atoms with Crippen LogP contribution in [0.2, 0.25) is 0 Å². The molecule has 0 bridgehead atoms. The molecule has 0 atom stereocenters. The summed E-state index contributed by atoms with van der Waals surface area (Å²) < 4.78 is 12.9. The fraction of sp³-hybridized carbons (Fsp3) is 0.0714. The third-order valence-electron chi connectivity index (χ3n) is 2.62. The zero-order valence-corrected chi connectivity index (χ0v) is 11.2. The molecule has 3 N–H and O–H groups in total. The minimum absolute atomic E-state index is 0.176. The van der Waals surface area contributed by atoms with E-state index in [0.29, 0.717) is 11.4 Å². The van der Waals surface area contributed by atoms with Crippen molar-refractivity contribution in [2.45, 2.75) is 0 Å². The summed E-state index contributed by atoms with van der Waals surface area (Å²) in [5, 5.41) is 7.63. The second-order valence-electron chi connectivity index (χ2n) is 4.10. The Balaban J connectivity index is 2.03. The normalized spacial score (nSPS) is 9.81. The summed E-state index contributed by atoms with van der Waals surface area (Å²) >= 11 is 0. The number of halogens is 1. The number of rotatable bonds is 3. The molecule has 0 aliphatic carbocycles. The monoisotopic (exact) mass is 288 g/mol. The van der Waals surface area contributed by atoms with Gasteiger partial charge in [-0.2, -0.15) is 4.39 Å². The fourth-order valence-corrected chi connectivity index (χ4v) is 1.58. The Bertz CT molecular complexity index is 658. The van der Waals surface area contributed by atoms with Crippen LogP contribution in [0.5, 0.6) is 0 Å². The van der Waals surface area contributed by atoms with Crippen LogP contribution in [0.25, 0.3) is 0 Å². The molecule has 0 unspecified atom stereocenters. The van der Waals surface area contributed by atoms with Gasteiger partial charge in [-0.25, -0.2) is 9.78 Å². The molecule has 2 aromatic rings. The zero-order chi connectivity index (χ0) is 15.2. The maximum absolute atomic E-state index is 12.9. The molecule has 1 heterocycles. The zero-order valence-electron chi connectivity index (χ0n) is 11.2. The first-order valence-corrected chi connectivity index (χ1v) is 6.10. The van der Waals surface area contributed by atoms with E-state index >= 15 is 0 Å². The molecule has 0 saturated carbocycles. The third kappa shape index (κ3) is 4.00. The molecule has 7 heteroatoms. The van der Waals surface area contributed by atoms with Gasteiger partial charge in [0.05, 0.1) is 0 Å². The van der Waals surface area contributed by atoms with Crippen molar-refractivity contribution in [1.29, 1.82) is 0 Å². The molecule has 108 valence electrons. The van der Waals surface area contributed by atoms with Crippen LogP contribution in [-0.2, 0) is 0 Å². The van der Waals surface area contributed by atoms with Crippen molar-refractivity contribution in [3.63, 3.8) is 0 Å². The van der Waals surface area contributed by atoms with E-state index in [1.165, 1.54) is 19.3 Å². The largest absolute Gasteiger partial charge is 0.341 e. The Morgan fingerprint density at radius 3 is 2.24 bits per heavy atom. The number of carbonyl (C=O) groups is 2. The van der Waals surface area contributed by atoms with Crippen LogP contribution < -0.4 is 16.0 Å². The predicted molar refractivity (Wildman–Crippen MR) is 76.7 cm³/mol. The SMILES string of the molecule is CNC(=O)Nc1ccc(NC(=O)c2ccnc(F)c2)cc1. The van der Waals surface area contributed by atoms with Gasteiger partial charge in [0.1, 0.15) is 0 Å². The molecular formula is C14H13FN4O2. The summed E-state index contributed by atoms with van der Waals surface area (Å²) in [5.74, 6) is -1.16. The van der Waals surface area contributed by atoms with Crippen LogP contribution in [0.1, 0.15) is 10.4 Å². The van der Waals surface area contributed by atoms with Gasteiger partial charge in [0, 0.05) is 36.2 Å². The van der Waals surface area contributed by atoms with Crippen molar-refractivity contribution < 1.29 is 14.0 Å². The average Bonchev–Trinajstić information content (AvgIpc) is 2.49. The summed E-state index contributed by atoms with van der Waals surface area (Å²) in [4.78, 5) is 26.4. The van der Waals surface area contributed by atoms with Crippen molar-refractivity contribution in [1.82, 2.24) is 10.3 Å². The van der Waals surface area contributed by atoms with Crippen LogP contribution in [-0.4, -0.2) is 24.0 Å². The number of urea groups is 1. The fourth-order valence-electron chi connectivity index (χ4n) is 1.58. The Morgan fingerprint density at radius 1 is 1.05 bits per heavy atom. The summed E-state index contributed by atoms with van der Waals surface area (Å²) in [6.07, 6.45) is 1.22. The Hall–Kier alpha value is -2.96. The van der Waals surface area contributed by atoms with Gasteiger partial charge in [-0.3, -0.25) is 4.79 Å². The number of nitrogens with one attached hydrogen (secondary N) is 3. The number of nitrogens with zero attached hydrogens (tertiary/aromatic N) is 1. The molecule has 0 saturated heterocycles. The lowest BCUT2D eigenvalue weighted by molar-refractivity contribution is 0.102. The number of hydrogen-bond acceptors (Lipinski definition) is 3. The highest BCUT2D eigenvalue weighted by Gasteiger charge is 2.07. The van der Waals surface area contributed by atoms with Crippen LogP contribution >= 0.6 is 0 Å². The maximum atomic E-state index is 12.9. The first-order valence-electron chi connectivity index (χ1n) is 6.10. The lowest BCUT2D eigenvalue weighted by Crippen LogP contribution is -2.24. The van der Waals surface area contributed by atoms with Gasteiger partial charge in [-0.1, -0.05) is 0 Å². The molecule has 0 aliphatic heterocycles. The number of anilines is 2. The van der Waals surface area contributed by atoms with Gasteiger partial charge >= 0.3 is 6.03 Å². The van der Waals surface area contributed by atoms with Crippen molar-refractivity contribution >= 4 is 23.3 Å². The minimum Gasteiger partial charge on any atom is -0.341 e. The minimum atomic E-state index is -0.715. The first-order chi connectivity index (χ1) is 10.1. The predicted octanol–water partition coefficient (Wildman–Crippen LogP) is 2.22. The molecule has 1 aromatic heterocycles. The van der Waals surface area contributed by atoms with E-state index in [2.05, 4.69) is 20.9 Å². The lowest BCUT2D eigenvalue weighted by atomic mass is 10.2. The van der Waals surface area contributed by atoms with Gasteiger partial charge < -0.3 is 16.0 Å². The quantitative estimate of drug-likeness (QED) is 0.757. The highest BCUT2D eigenvalue weighted by Crippen LogP contribution is 2.14. The van der Waals surface area contributed by atoms with Crippen molar-refractivity contribution in [3.05, 3.63) is 54.1 Å². The lowest BCUT2D eigenvalue weighted by Gasteiger charge is -2.07. The van der Waals surface area contributed by atoms with Crippen molar-refractivity contribution in [3.8, 4) is 0 Å². The number of carbonyl (C=O) groups excluding carboxylic acids is 2. The smallest absolute Gasteiger partial charge is 0.318 e. The second kappa shape index (κ2) is 6.47.